The fourth-order valence-electron chi connectivity index (χ4n) is 3.03. The average molecular weight is 378 g/mol. The molecule has 6 nitrogen and oxygen atoms in total. The van der Waals surface area contributed by atoms with Crippen molar-refractivity contribution < 1.29 is 4.42 Å². The van der Waals surface area contributed by atoms with Crippen LogP contribution in [-0.4, -0.2) is 20.2 Å². The Morgan fingerprint density at radius 1 is 1.07 bits per heavy atom. The molecule has 4 aromatic rings. The Labute approximate surface area is 160 Å². The van der Waals surface area contributed by atoms with Crippen LogP contribution in [0.4, 0.5) is 0 Å². The molecule has 2 heterocycles. The SMILES string of the molecule is Cc1cc(C)cc(-c2nnc(SCc3nc4c(C)cccc4c(=O)[nH]3)o2)c1. The normalized spacial score (nSPS) is 11.2. The third kappa shape index (κ3) is 3.64. The largest absolute Gasteiger partial charge is 0.411 e. The Kier molecular flexibility index (Phi) is 4.53. The van der Waals surface area contributed by atoms with Crippen LogP contribution in [0.15, 0.2) is 50.8 Å². The van der Waals surface area contributed by atoms with Gasteiger partial charge in [-0.3, -0.25) is 4.79 Å². The van der Waals surface area contributed by atoms with Crippen molar-refractivity contribution in [3.05, 3.63) is 69.3 Å². The summed E-state index contributed by atoms with van der Waals surface area (Å²) < 4.78 is 5.76. The lowest BCUT2D eigenvalue weighted by atomic mass is 10.1. The van der Waals surface area contributed by atoms with Gasteiger partial charge < -0.3 is 9.40 Å². The zero-order chi connectivity index (χ0) is 19.0. The molecule has 0 aliphatic heterocycles. The van der Waals surface area contributed by atoms with Gasteiger partial charge >= 0.3 is 0 Å². The standard InChI is InChI=1S/C20H18N4O2S/c1-11-7-12(2)9-14(8-11)19-23-24-20(26-19)27-10-16-21-17-13(3)5-4-6-15(17)18(25)22-16/h4-9H,10H2,1-3H3,(H,21,22,25). The summed E-state index contributed by atoms with van der Waals surface area (Å²) >= 11 is 1.35. The van der Waals surface area contributed by atoms with E-state index in [1.54, 1.807) is 6.07 Å². The molecule has 2 aromatic heterocycles. The topological polar surface area (TPSA) is 84.7 Å². The molecule has 0 aliphatic rings. The van der Waals surface area contributed by atoms with Crippen molar-refractivity contribution in [3.63, 3.8) is 0 Å². The van der Waals surface area contributed by atoms with Gasteiger partial charge in [0.2, 0.25) is 5.89 Å². The molecular formula is C20H18N4O2S. The van der Waals surface area contributed by atoms with E-state index in [1.807, 2.05) is 45.0 Å². The number of para-hydroxylation sites is 1. The molecule has 0 bridgehead atoms. The molecule has 27 heavy (non-hydrogen) atoms. The Morgan fingerprint density at radius 2 is 1.85 bits per heavy atom. The molecule has 0 aliphatic carbocycles. The van der Waals surface area contributed by atoms with Crippen molar-refractivity contribution in [1.29, 1.82) is 0 Å². The summed E-state index contributed by atoms with van der Waals surface area (Å²) in [5, 5.41) is 9.27. The van der Waals surface area contributed by atoms with Crippen LogP contribution in [0.1, 0.15) is 22.5 Å². The van der Waals surface area contributed by atoms with Crippen molar-refractivity contribution >= 4 is 22.7 Å². The minimum absolute atomic E-state index is 0.138. The fourth-order valence-corrected chi connectivity index (χ4v) is 3.67. The molecule has 0 spiro atoms. The molecule has 0 fully saturated rings. The highest BCUT2D eigenvalue weighted by Crippen LogP contribution is 2.26. The van der Waals surface area contributed by atoms with Gasteiger partial charge in [-0.2, -0.15) is 0 Å². The first-order valence-corrected chi connectivity index (χ1v) is 9.51. The molecule has 0 unspecified atom stereocenters. The number of H-pyrrole nitrogens is 1. The summed E-state index contributed by atoms with van der Waals surface area (Å²) in [4.78, 5) is 19.7. The number of nitrogens with one attached hydrogen (secondary N) is 1. The molecule has 0 radical (unpaired) electrons. The number of rotatable bonds is 4. The molecule has 2 aromatic carbocycles. The van der Waals surface area contributed by atoms with E-state index in [2.05, 4.69) is 26.2 Å². The van der Waals surface area contributed by atoms with Gasteiger partial charge in [-0.05, 0) is 44.5 Å². The summed E-state index contributed by atoms with van der Waals surface area (Å²) in [5.74, 6) is 1.51. The van der Waals surface area contributed by atoms with Crippen molar-refractivity contribution in [2.75, 3.05) is 0 Å². The number of fused-ring (bicyclic) bond motifs is 1. The number of hydrogen-bond acceptors (Lipinski definition) is 6. The van der Waals surface area contributed by atoms with E-state index in [0.29, 0.717) is 28.1 Å². The third-order valence-electron chi connectivity index (χ3n) is 4.19. The van der Waals surface area contributed by atoms with Crippen LogP contribution in [0, 0.1) is 20.8 Å². The predicted molar refractivity (Wildman–Crippen MR) is 106 cm³/mol. The monoisotopic (exact) mass is 378 g/mol. The second-order valence-corrected chi connectivity index (χ2v) is 7.45. The highest BCUT2D eigenvalue weighted by molar-refractivity contribution is 7.98. The van der Waals surface area contributed by atoms with Gasteiger partial charge in [0.1, 0.15) is 5.82 Å². The Hall–Kier alpha value is -2.93. The number of aryl methyl sites for hydroxylation is 3. The fraction of sp³-hybridized carbons (Fsp3) is 0.200. The van der Waals surface area contributed by atoms with Crippen LogP contribution in [0.5, 0.6) is 0 Å². The van der Waals surface area contributed by atoms with Gasteiger partial charge in [-0.1, -0.05) is 41.1 Å². The molecular weight excluding hydrogens is 360 g/mol. The Bertz CT molecular complexity index is 1180. The van der Waals surface area contributed by atoms with Gasteiger partial charge in [-0.15, -0.1) is 10.2 Å². The molecule has 4 rings (SSSR count). The van der Waals surface area contributed by atoms with E-state index in [-0.39, 0.29) is 5.56 Å². The van der Waals surface area contributed by atoms with Crippen molar-refractivity contribution in [1.82, 2.24) is 20.2 Å². The molecule has 0 saturated heterocycles. The molecule has 0 saturated carbocycles. The van der Waals surface area contributed by atoms with Crippen molar-refractivity contribution in [2.24, 2.45) is 0 Å². The highest BCUT2D eigenvalue weighted by atomic mass is 32.2. The van der Waals surface area contributed by atoms with Crippen LogP contribution in [0.2, 0.25) is 0 Å². The van der Waals surface area contributed by atoms with Gasteiger partial charge in [0.25, 0.3) is 10.8 Å². The Balaban J connectivity index is 1.56. The number of benzene rings is 2. The van der Waals surface area contributed by atoms with Crippen LogP contribution in [0.3, 0.4) is 0 Å². The van der Waals surface area contributed by atoms with E-state index >= 15 is 0 Å². The third-order valence-corrected chi connectivity index (χ3v) is 5.02. The maximum atomic E-state index is 12.3. The van der Waals surface area contributed by atoms with Gasteiger partial charge in [-0.25, -0.2) is 4.98 Å². The van der Waals surface area contributed by atoms with E-state index in [9.17, 15) is 4.79 Å². The summed E-state index contributed by atoms with van der Waals surface area (Å²) in [7, 11) is 0. The highest BCUT2D eigenvalue weighted by Gasteiger charge is 2.12. The average Bonchev–Trinajstić information content (AvgIpc) is 3.09. The number of aromatic amines is 1. The zero-order valence-electron chi connectivity index (χ0n) is 15.2. The molecule has 0 amide bonds. The van der Waals surface area contributed by atoms with Crippen molar-refractivity contribution in [3.8, 4) is 11.5 Å². The maximum absolute atomic E-state index is 12.3. The van der Waals surface area contributed by atoms with Crippen LogP contribution >= 0.6 is 11.8 Å². The number of thioether (sulfide) groups is 1. The van der Waals surface area contributed by atoms with Crippen molar-refractivity contribution in [2.45, 2.75) is 31.7 Å². The second-order valence-electron chi connectivity index (χ2n) is 6.52. The van der Waals surface area contributed by atoms with Gasteiger partial charge in [0, 0.05) is 5.56 Å². The lowest BCUT2D eigenvalue weighted by Gasteiger charge is -2.03. The first-order valence-electron chi connectivity index (χ1n) is 8.53. The maximum Gasteiger partial charge on any atom is 0.277 e. The van der Waals surface area contributed by atoms with Gasteiger partial charge in [0.05, 0.1) is 16.7 Å². The molecule has 0 atom stereocenters. The lowest BCUT2D eigenvalue weighted by molar-refractivity contribution is 0.465. The van der Waals surface area contributed by atoms with E-state index < -0.39 is 0 Å². The number of aromatic nitrogens is 4. The van der Waals surface area contributed by atoms with Crippen LogP contribution in [-0.2, 0) is 5.75 Å². The number of nitrogens with zero attached hydrogens (tertiary/aromatic N) is 3. The second kappa shape index (κ2) is 7.00. The minimum Gasteiger partial charge on any atom is -0.411 e. The first kappa shape index (κ1) is 17.5. The first-order chi connectivity index (χ1) is 13.0. The van der Waals surface area contributed by atoms with Crippen LogP contribution < -0.4 is 5.56 Å². The zero-order valence-corrected chi connectivity index (χ0v) is 16.1. The summed E-state index contributed by atoms with van der Waals surface area (Å²) in [6.07, 6.45) is 0. The smallest absolute Gasteiger partial charge is 0.277 e. The summed E-state index contributed by atoms with van der Waals surface area (Å²) in [6.45, 7) is 6.01. The molecule has 136 valence electrons. The predicted octanol–water partition coefficient (Wildman–Crippen LogP) is 4.19. The quantitative estimate of drug-likeness (QED) is 0.536. The molecule has 1 N–H and O–H groups in total. The molecule has 7 heteroatoms. The number of hydrogen-bond donors (Lipinski definition) is 1. The van der Waals surface area contributed by atoms with Gasteiger partial charge in [0.15, 0.2) is 0 Å². The summed E-state index contributed by atoms with van der Waals surface area (Å²) in [5.41, 5.74) is 4.75. The minimum atomic E-state index is -0.138. The van der Waals surface area contributed by atoms with E-state index in [4.69, 9.17) is 4.42 Å². The van der Waals surface area contributed by atoms with Crippen LogP contribution in [0.25, 0.3) is 22.4 Å². The summed E-state index contributed by atoms with van der Waals surface area (Å²) in [6, 6.07) is 11.7. The Morgan fingerprint density at radius 3 is 2.63 bits per heavy atom. The van der Waals surface area contributed by atoms with E-state index in [0.717, 1.165) is 27.8 Å². The van der Waals surface area contributed by atoms with E-state index in [1.165, 1.54) is 11.8 Å². The lowest BCUT2D eigenvalue weighted by Crippen LogP contribution is -2.11.